The molecule has 0 aliphatic heterocycles. The van der Waals surface area contributed by atoms with Crippen LogP contribution in [0.15, 0.2) is 35.7 Å². The van der Waals surface area contributed by atoms with Gasteiger partial charge in [0, 0.05) is 4.88 Å². The summed E-state index contributed by atoms with van der Waals surface area (Å²) in [5.41, 5.74) is 2.51. The summed E-state index contributed by atoms with van der Waals surface area (Å²) in [6.07, 6.45) is 2.12. The van der Waals surface area contributed by atoms with Crippen LogP contribution in [0.2, 0.25) is 0 Å². The largest absolute Gasteiger partial charge is 0.306 e. The lowest BCUT2D eigenvalue weighted by Crippen LogP contribution is -2.23. The zero-order chi connectivity index (χ0) is 13.7. The summed E-state index contributed by atoms with van der Waals surface area (Å²) in [6.45, 7) is 5.29. The number of hydrogen-bond acceptors (Lipinski definition) is 2. The van der Waals surface area contributed by atoms with Gasteiger partial charge in [-0.3, -0.25) is 0 Å². The highest BCUT2D eigenvalue weighted by molar-refractivity contribution is 7.10. The molecule has 1 aromatic heterocycles. The van der Waals surface area contributed by atoms with Gasteiger partial charge in [-0.05, 0) is 54.1 Å². The van der Waals surface area contributed by atoms with Gasteiger partial charge in [-0.15, -0.1) is 11.3 Å². The van der Waals surface area contributed by atoms with E-state index in [1.165, 1.54) is 22.6 Å². The minimum absolute atomic E-state index is 0.176. The highest BCUT2D eigenvalue weighted by Crippen LogP contribution is 2.30. The summed E-state index contributed by atoms with van der Waals surface area (Å²) in [7, 11) is 0. The van der Waals surface area contributed by atoms with Crippen LogP contribution in [0.1, 0.15) is 42.3 Å². The number of hydrogen-bond donors (Lipinski definition) is 1. The Labute approximate surface area is 118 Å². The van der Waals surface area contributed by atoms with Crippen LogP contribution in [0.25, 0.3) is 0 Å². The summed E-state index contributed by atoms with van der Waals surface area (Å²) >= 11 is 1.78. The van der Waals surface area contributed by atoms with E-state index >= 15 is 0 Å². The fourth-order valence-electron chi connectivity index (χ4n) is 2.20. The fraction of sp³-hybridized carbons (Fsp3) is 0.375. The Hall–Kier alpha value is -1.19. The Bertz CT molecular complexity index is 504. The molecule has 1 N–H and O–H groups in total. The maximum absolute atomic E-state index is 13.1. The molecule has 0 fully saturated rings. The minimum Gasteiger partial charge on any atom is -0.306 e. The maximum Gasteiger partial charge on any atom is 0.123 e. The SMILES string of the molecule is CCCNC(c1ccc(F)cc1)c1sccc1CC. The van der Waals surface area contributed by atoms with Gasteiger partial charge in [-0.2, -0.15) is 0 Å². The summed E-state index contributed by atoms with van der Waals surface area (Å²) in [6, 6.07) is 9.19. The van der Waals surface area contributed by atoms with Crippen LogP contribution in [0.5, 0.6) is 0 Å². The topological polar surface area (TPSA) is 12.0 Å². The Kier molecular flexibility index (Phi) is 5.11. The van der Waals surface area contributed by atoms with E-state index < -0.39 is 0 Å². The zero-order valence-corrected chi connectivity index (χ0v) is 12.3. The molecule has 0 saturated heterocycles. The van der Waals surface area contributed by atoms with Crippen molar-refractivity contribution >= 4 is 11.3 Å². The molecule has 0 amide bonds. The maximum atomic E-state index is 13.1. The first-order chi connectivity index (χ1) is 9.26. The van der Waals surface area contributed by atoms with E-state index in [-0.39, 0.29) is 11.9 Å². The second kappa shape index (κ2) is 6.83. The highest BCUT2D eigenvalue weighted by atomic mass is 32.1. The summed E-state index contributed by atoms with van der Waals surface area (Å²) in [5.74, 6) is -0.181. The van der Waals surface area contributed by atoms with E-state index in [2.05, 4.69) is 30.6 Å². The number of nitrogens with one attached hydrogen (secondary N) is 1. The average Bonchev–Trinajstić information content (AvgIpc) is 2.89. The van der Waals surface area contributed by atoms with Crippen molar-refractivity contribution in [1.82, 2.24) is 5.32 Å². The number of halogens is 1. The first-order valence-corrected chi connectivity index (χ1v) is 7.69. The van der Waals surface area contributed by atoms with Gasteiger partial charge in [0.1, 0.15) is 5.82 Å². The van der Waals surface area contributed by atoms with Crippen LogP contribution in [-0.4, -0.2) is 6.54 Å². The third kappa shape index (κ3) is 3.43. The van der Waals surface area contributed by atoms with Gasteiger partial charge in [0.05, 0.1) is 6.04 Å². The molecule has 3 heteroatoms. The van der Waals surface area contributed by atoms with Crippen LogP contribution < -0.4 is 5.32 Å². The van der Waals surface area contributed by atoms with Gasteiger partial charge in [0.15, 0.2) is 0 Å². The standard InChI is InChI=1S/C16H20FNS/c1-3-10-18-15(13-5-7-14(17)8-6-13)16-12(4-2)9-11-19-16/h5-9,11,15,18H,3-4,10H2,1-2H3. The van der Waals surface area contributed by atoms with Crippen molar-refractivity contribution in [2.24, 2.45) is 0 Å². The number of benzene rings is 1. The van der Waals surface area contributed by atoms with Crippen LogP contribution >= 0.6 is 11.3 Å². The molecule has 2 rings (SSSR count). The second-order valence-electron chi connectivity index (χ2n) is 4.60. The van der Waals surface area contributed by atoms with Crippen molar-refractivity contribution in [3.05, 3.63) is 57.5 Å². The van der Waals surface area contributed by atoms with Crippen molar-refractivity contribution in [2.45, 2.75) is 32.7 Å². The molecule has 0 bridgehead atoms. The molecule has 102 valence electrons. The quantitative estimate of drug-likeness (QED) is 0.817. The molecule has 0 radical (unpaired) electrons. The molecule has 1 aromatic carbocycles. The van der Waals surface area contributed by atoms with Crippen LogP contribution in [0, 0.1) is 5.82 Å². The third-order valence-electron chi connectivity index (χ3n) is 3.23. The van der Waals surface area contributed by atoms with Crippen molar-refractivity contribution in [2.75, 3.05) is 6.54 Å². The van der Waals surface area contributed by atoms with E-state index in [1.54, 1.807) is 11.3 Å². The van der Waals surface area contributed by atoms with Gasteiger partial charge in [0.2, 0.25) is 0 Å². The summed E-state index contributed by atoms with van der Waals surface area (Å²) in [5, 5.41) is 5.71. The molecule has 0 spiro atoms. The molecule has 2 aromatic rings. The molecule has 19 heavy (non-hydrogen) atoms. The molecular weight excluding hydrogens is 257 g/mol. The molecular formula is C16H20FNS. The number of rotatable bonds is 6. The Morgan fingerprint density at radius 3 is 2.53 bits per heavy atom. The first kappa shape index (κ1) is 14.2. The van der Waals surface area contributed by atoms with E-state index in [9.17, 15) is 4.39 Å². The molecule has 0 aliphatic rings. The summed E-state index contributed by atoms with van der Waals surface area (Å²) < 4.78 is 13.1. The van der Waals surface area contributed by atoms with Gasteiger partial charge in [-0.1, -0.05) is 26.0 Å². The molecule has 1 nitrogen and oxygen atoms in total. The van der Waals surface area contributed by atoms with Crippen molar-refractivity contribution in [3.63, 3.8) is 0 Å². The molecule has 1 heterocycles. The lowest BCUT2D eigenvalue weighted by Gasteiger charge is -2.19. The van der Waals surface area contributed by atoms with E-state index in [1.807, 2.05) is 12.1 Å². The zero-order valence-electron chi connectivity index (χ0n) is 11.4. The smallest absolute Gasteiger partial charge is 0.123 e. The monoisotopic (exact) mass is 277 g/mol. The van der Waals surface area contributed by atoms with Gasteiger partial charge in [-0.25, -0.2) is 4.39 Å². The second-order valence-corrected chi connectivity index (χ2v) is 5.55. The average molecular weight is 277 g/mol. The van der Waals surface area contributed by atoms with Crippen LogP contribution in [0.4, 0.5) is 4.39 Å². The number of thiophene rings is 1. The predicted octanol–water partition coefficient (Wildman–Crippen LogP) is 4.54. The molecule has 0 saturated carbocycles. The lowest BCUT2D eigenvalue weighted by atomic mass is 10.0. The van der Waals surface area contributed by atoms with Crippen molar-refractivity contribution < 1.29 is 4.39 Å². The van der Waals surface area contributed by atoms with E-state index in [0.717, 1.165) is 24.9 Å². The fourth-order valence-corrected chi connectivity index (χ4v) is 3.30. The van der Waals surface area contributed by atoms with Crippen molar-refractivity contribution in [1.29, 1.82) is 0 Å². The molecule has 0 aliphatic carbocycles. The van der Waals surface area contributed by atoms with E-state index in [4.69, 9.17) is 0 Å². The van der Waals surface area contributed by atoms with Gasteiger partial charge < -0.3 is 5.32 Å². The minimum atomic E-state index is -0.181. The van der Waals surface area contributed by atoms with E-state index in [0.29, 0.717) is 0 Å². The Balaban J connectivity index is 2.32. The highest BCUT2D eigenvalue weighted by Gasteiger charge is 2.17. The Morgan fingerprint density at radius 2 is 1.89 bits per heavy atom. The van der Waals surface area contributed by atoms with Gasteiger partial charge in [0.25, 0.3) is 0 Å². The molecule has 1 unspecified atom stereocenters. The summed E-state index contributed by atoms with van der Waals surface area (Å²) in [4.78, 5) is 1.35. The van der Waals surface area contributed by atoms with Crippen LogP contribution in [0.3, 0.4) is 0 Å². The van der Waals surface area contributed by atoms with Gasteiger partial charge >= 0.3 is 0 Å². The third-order valence-corrected chi connectivity index (χ3v) is 4.25. The van der Waals surface area contributed by atoms with Crippen molar-refractivity contribution in [3.8, 4) is 0 Å². The number of aryl methyl sites for hydroxylation is 1. The predicted molar refractivity (Wildman–Crippen MR) is 80.2 cm³/mol. The Morgan fingerprint density at radius 1 is 1.16 bits per heavy atom. The van der Waals surface area contributed by atoms with Crippen LogP contribution in [-0.2, 0) is 6.42 Å². The molecule has 1 atom stereocenters. The lowest BCUT2D eigenvalue weighted by molar-refractivity contribution is 0.596. The normalized spacial score (nSPS) is 12.6. The first-order valence-electron chi connectivity index (χ1n) is 6.81.